The number of ether oxygens (including phenoxy) is 2. The first-order valence-corrected chi connectivity index (χ1v) is 7.53. The smallest absolute Gasteiger partial charge is 0.339 e. The molecule has 0 saturated carbocycles. The van der Waals surface area contributed by atoms with Crippen molar-refractivity contribution in [2.75, 3.05) is 19.0 Å². The molecule has 0 saturated heterocycles. The van der Waals surface area contributed by atoms with Gasteiger partial charge in [0.15, 0.2) is 6.61 Å². The third kappa shape index (κ3) is 4.45. The summed E-state index contributed by atoms with van der Waals surface area (Å²) < 4.78 is 10.9. The van der Waals surface area contributed by atoms with Crippen LogP contribution in [-0.2, 0) is 9.53 Å². The van der Waals surface area contributed by atoms with Gasteiger partial charge in [0.2, 0.25) is 0 Å². The molecule has 0 bridgehead atoms. The molecule has 0 aromatic heterocycles. The van der Waals surface area contributed by atoms with E-state index in [-0.39, 0.29) is 6.61 Å². The lowest BCUT2D eigenvalue weighted by Crippen LogP contribution is -2.21. The first-order valence-electron chi connectivity index (χ1n) is 6.45. The average molecular weight is 411 g/mol. The van der Waals surface area contributed by atoms with Crippen LogP contribution in [0.15, 0.2) is 48.5 Å². The monoisotopic (exact) mass is 411 g/mol. The number of hydrogen-bond donors (Lipinski definition) is 1. The van der Waals surface area contributed by atoms with Crippen molar-refractivity contribution in [3.63, 3.8) is 0 Å². The number of anilines is 1. The molecule has 1 amide bonds. The molecule has 0 aliphatic carbocycles. The van der Waals surface area contributed by atoms with Gasteiger partial charge in [-0.3, -0.25) is 4.79 Å². The van der Waals surface area contributed by atoms with Crippen LogP contribution in [0.4, 0.5) is 5.69 Å². The zero-order valence-electron chi connectivity index (χ0n) is 11.8. The zero-order chi connectivity index (χ0) is 15.9. The van der Waals surface area contributed by atoms with E-state index in [0.717, 1.165) is 3.57 Å². The van der Waals surface area contributed by atoms with Crippen molar-refractivity contribution in [1.82, 2.24) is 0 Å². The second kappa shape index (κ2) is 7.79. The molecule has 0 aliphatic rings. The van der Waals surface area contributed by atoms with Crippen LogP contribution in [0.5, 0.6) is 5.75 Å². The Labute approximate surface area is 141 Å². The number of esters is 1. The molecule has 0 fully saturated rings. The number of methoxy groups -OCH3 is 1. The Kier molecular flexibility index (Phi) is 5.76. The van der Waals surface area contributed by atoms with Gasteiger partial charge in [-0.15, -0.1) is 0 Å². The predicted octanol–water partition coefficient (Wildman–Crippen LogP) is 3.10. The van der Waals surface area contributed by atoms with Gasteiger partial charge in [0, 0.05) is 15.3 Å². The maximum absolute atomic E-state index is 11.9. The Morgan fingerprint density at radius 1 is 1.14 bits per heavy atom. The Balaban J connectivity index is 1.90. The average Bonchev–Trinajstić information content (AvgIpc) is 2.53. The van der Waals surface area contributed by atoms with E-state index in [1.54, 1.807) is 49.6 Å². The molecular formula is C16H14INO4. The van der Waals surface area contributed by atoms with Gasteiger partial charge in [0.25, 0.3) is 5.91 Å². The maximum Gasteiger partial charge on any atom is 0.339 e. The molecule has 2 aromatic rings. The molecule has 0 radical (unpaired) electrons. The number of amides is 1. The van der Waals surface area contributed by atoms with Crippen molar-refractivity contribution in [3.05, 3.63) is 57.7 Å². The molecule has 2 rings (SSSR count). The largest absolute Gasteiger partial charge is 0.497 e. The number of benzene rings is 2. The maximum atomic E-state index is 11.9. The Bertz CT molecular complexity index is 687. The van der Waals surface area contributed by atoms with Crippen LogP contribution < -0.4 is 10.1 Å². The van der Waals surface area contributed by atoms with E-state index in [9.17, 15) is 9.59 Å². The van der Waals surface area contributed by atoms with Gasteiger partial charge in [0.05, 0.1) is 12.7 Å². The fourth-order valence-corrected chi connectivity index (χ4v) is 2.34. The SMILES string of the molecule is COc1cccc(NC(=O)COC(=O)c2ccccc2I)c1. The summed E-state index contributed by atoms with van der Waals surface area (Å²) in [6, 6.07) is 14.0. The van der Waals surface area contributed by atoms with E-state index >= 15 is 0 Å². The van der Waals surface area contributed by atoms with Crippen molar-refractivity contribution in [2.45, 2.75) is 0 Å². The van der Waals surface area contributed by atoms with Crippen molar-refractivity contribution >= 4 is 40.2 Å². The normalized spacial score (nSPS) is 9.91. The standard InChI is InChI=1S/C16H14INO4/c1-21-12-6-4-5-11(9-12)18-15(19)10-22-16(20)13-7-2-3-8-14(13)17/h2-9H,10H2,1H3,(H,18,19). The van der Waals surface area contributed by atoms with Crippen molar-refractivity contribution < 1.29 is 19.1 Å². The Morgan fingerprint density at radius 2 is 1.91 bits per heavy atom. The fourth-order valence-electron chi connectivity index (χ4n) is 1.73. The highest BCUT2D eigenvalue weighted by Gasteiger charge is 2.13. The van der Waals surface area contributed by atoms with Crippen LogP contribution in [0.2, 0.25) is 0 Å². The number of hydrogen-bond acceptors (Lipinski definition) is 4. The second-order valence-corrected chi connectivity index (χ2v) is 5.50. The predicted molar refractivity (Wildman–Crippen MR) is 91.1 cm³/mol. The lowest BCUT2D eigenvalue weighted by molar-refractivity contribution is -0.119. The molecule has 2 aromatic carbocycles. The number of carbonyl (C=O) groups excluding carboxylic acids is 2. The number of carbonyl (C=O) groups is 2. The minimum Gasteiger partial charge on any atom is -0.497 e. The lowest BCUT2D eigenvalue weighted by Gasteiger charge is -2.08. The molecule has 0 atom stereocenters. The molecule has 22 heavy (non-hydrogen) atoms. The van der Waals surface area contributed by atoms with E-state index in [1.807, 2.05) is 28.7 Å². The van der Waals surface area contributed by atoms with E-state index in [0.29, 0.717) is 17.0 Å². The highest BCUT2D eigenvalue weighted by Crippen LogP contribution is 2.16. The van der Waals surface area contributed by atoms with Crippen LogP contribution >= 0.6 is 22.6 Å². The minimum absolute atomic E-state index is 0.346. The Morgan fingerprint density at radius 3 is 2.64 bits per heavy atom. The summed E-state index contributed by atoms with van der Waals surface area (Å²) in [5.74, 6) is -0.299. The molecule has 5 nitrogen and oxygen atoms in total. The van der Waals surface area contributed by atoms with Gasteiger partial charge in [-0.05, 0) is 46.9 Å². The van der Waals surface area contributed by atoms with Crippen LogP contribution in [0.3, 0.4) is 0 Å². The van der Waals surface area contributed by atoms with Crippen LogP contribution in [-0.4, -0.2) is 25.6 Å². The summed E-state index contributed by atoms with van der Waals surface area (Å²) in [5.41, 5.74) is 1.02. The van der Waals surface area contributed by atoms with E-state index < -0.39 is 11.9 Å². The van der Waals surface area contributed by atoms with E-state index in [4.69, 9.17) is 9.47 Å². The lowest BCUT2D eigenvalue weighted by atomic mass is 10.2. The number of rotatable bonds is 5. The van der Waals surface area contributed by atoms with Crippen LogP contribution in [0.1, 0.15) is 10.4 Å². The van der Waals surface area contributed by atoms with Gasteiger partial charge in [0.1, 0.15) is 5.75 Å². The quantitative estimate of drug-likeness (QED) is 0.607. The third-order valence-electron chi connectivity index (χ3n) is 2.78. The van der Waals surface area contributed by atoms with Gasteiger partial charge in [-0.2, -0.15) is 0 Å². The summed E-state index contributed by atoms with van der Waals surface area (Å²) in [4.78, 5) is 23.7. The summed E-state index contributed by atoms with van der Waals surface area (Å²) >= 11 is 2.04. The fraction of sp³-hybridized carbons (Fsp3) is 0.125. The molecule has 0 heterocycles. The first-order chi connectivity index (χ1) is 10.6. The molecule has 6 heteroatoms. The van der Waals surface area contributed by atoms with Crippen molar-refractivity contribution in [1.29, 1.82) is 0 Å². The zero-order valence-corrected chi connectivity index (χ0v) is 14.0. The first kappa shape index (κ1) is 16.3. The van der Waals surface area contributed by atoms with Crippen molar-refractivity contribution in [2.24, 2.45) is 0 Å². The van der Waals surface area contributed by atoms with Crippen molar-refractivity contribution in [3.8, 4) is 5.75 Å². The molecule has 0 spiro atoms. The van der Waals surface area contributed by atoms with Gasteiger partial charge < -0.3 is 14.8 Å². The minimum atomic E-state index is -0.522. The van der Waals surface area contributed by atoms with E-state index in [1.165, 1.54) is 0 Å². The van der Waals surface area contributed by atoms with Crippen LogP contribution in [0.25, 0.3) is 0 Å². The third-order valence-corrected chi connectivity index (χ3v) is 3.72. The van der Waals surface area contributed by atoms with Crippen LogP contribution in [0, 0.1) is 3.57 Å². The second-order valence-electron chi connectivity index (χ2n) is 4.34. The molecular weight excluding hydrogens is 397 g/mol. The summed E-state index contributed by atoms with van der Waals surface area (Å²) in [6.07, 6.45) is 0. The van der Waals surface area contributed by atoms with Gasteiger partial charge in [-0.1, -0.05) is 18.2 Å². The summed E-state index contributed by atoms with van der Waals surface area (Å²) in [7, 11) is 1.55. The van der Waals surface area contributed by atoms with E-state index in [2.05, 4.69) is 5.32 Å². The highest BCUT2D eigenvalue weighted by atomic mass is 127. The number of nitrogens with one attached hydrogen (secondary N) is 1. The topological polar surface area (TPSA) is 64.6 Å². The Hall–Kier alpha value is -2.09. The number of halogens is 1. The van der Waals surface area contributed by atoms with Gasteiger partial charge >= 0.3 is 5.97 Å². The highest BCUT2D eigenvalue weighted by molar-refractivity contribution is 14.1. The summed E-state index contributed by atoms with van der Waals surface area (Å²) in [6.45, 7) is -0.346. The molecule has 0 aliphatic heterocycles. The molecule has 1 N–H and O–H groups in total. The summed E-state index contributed by atoms with van der Waals surface area (Å²) in [5, 5.41) is 2.64. The molecule has 0 unspecified atom stereocenters. The van der Waals surface area contributed by atoms with Gasteiger partial charge in [-0.25, -0.2) is 4.79 Å². The molecule has 114 valence electrons.